The van der Waals surface area contributed by atoms with E-state index in [4.69, 9.17) is 16.3 Å². The number of hydrogen-bond acceptors (Lipinski definition) is 4. The van der Waals surface area contributed by atoms with Crippen LogP contribution in [-0.4, -0.2) is 24.4 Å². The lowest BCUT2D eigenvalue weighted by Crippen LogP contribution is -2.49. The molecule has 148 valence electrons. The fourth-order valence-corrected chi connectivity index (χ4v) is 2.21. The molecule has 0 saturated heterocycles. The molecule has 0 aromatic heterocycles. The highest BCUT2D eigenvalue weighted by Crippen LogP contribution is 2.26. The van der Waals surface area contributed by atoms with Crippen LogP contribution in [0.2, 0.25) is 5.02 Å². The summed E-state index contributed by atoms with van der Waals surface area (Å²) in [6, 6.07) is 9.45. The summed E-state index contributed by atoms with van der Waals surface area (Å²) in [6.07, 6.45) is -4.85. The number of nitriles is 1. The molecule has 1 N–H and O–H groups in total. The Labute approximate surface area is 162 Å². The second-order valence-corrected chi connectivity index (χ2v) is 6.24. The first-order valence-corrected chi connectivity index (χ1v) is 8.06. The van der Waals surface area contributed by atoms with Crippen molar-refractivity contribution in [2.45, 2.75) is 18.8 Å². The lowest BCUT2D eigenvalue weighted by atomic mass is 10.1. The molecule has 0 fully saturated rings. The van der Waals surface area contributed by atoms with Crippen molar-refractivity contribution in [2.24, 2.45) is 0 Å². The summed E-state index contributed by atoms with van der Waals surface area (Å²) < 4.78 is 58.8. The fourth-order valence-electron chi connectivity index (χ4n) is 2.04. The molecule has 0 bridgehead atoms. The van der Waals surface area contributed by atoms with Gasteiger partial charge in [-0.3, -0.25) is 4.79 Å². The van der Waals surface area contributed by atoms with Crippen molar-refractivity contribution in [1.29, 1.82) is 5.26 Å². The molecule has 10 heteroatoms. The SMILES string of the molecule is CC(C#N)(COc1cc(F)ccc1Cl)NC(=O)c1ccc(OC(F)(F)F)cc1. The molecule has 28 heavy (non-hydrogen) atoms. The summed E-state index contributed by atoms with van der Waals surface area (Å²) in [6.45, 7) is 1.01. The first-order valence-electron chi connectivity index (χ1n) is 7.69. The third-order valence-electron chi connectivity index (χ3n) is 3.40. The van der Waals surface area contributed by atoms with E-state index in [2.05, 4.69) is 10.1 Å². The second kappa shape index (κ2) is 8.35. The van der Waals surface area contributed by atoms with Crippen molar-refractivity contribution < 1.29 is 31.8 Å². The van der Waals surface area contributed by atoms with Crippen LogP contribution in [0.4, 0.5) is 17.6 Å². The number of hydrogen-bond donors (Lipinski definition) is 1. The third kappa shape index (κ3) is 6.03. The van der Waals surface area contributed by atoms with Gasteiger partial charge in [-0.1, -0.05) is 11.6 Å². The molecule has 5 nitrogen and oxygen atoms in total. The molecule has 0 spiro atoms. The molecule has 1 unspecified atom stereocenters. The van der Waals surface area contributed by atoms with Crippen LogP contribution in [0.5, 0.6) is 11.5 Å². The van der Waals surface area contributed by atoms with Crippen LogP contribution in [0.3, 0.4) is 0 Å². The monoisotopic (exact) mass is 416 g/mol. The van der Waals surface area contributed by atoms with Crippen molar-refractivity contribution in [3.05, 3.63) is 58.9 Å². The van der Waals surface area contributed by atoms with Gasteiger partial charge in [0.15, 0.2) is 5.54 Å². The number of nitrogens with one attached hydrogen (secondary N) is 1. The highest BCUT2D eigenvalue weighted by atomic mass is 35.5. The maximum Gasteiger partial charge on any atom is 0.573 e. The summed E-state index contributed by atoms with van der Waals surface area (Å²) in [5.41, 5.74) is -1.52. The summed E-state index contributed by atoms with van der Waals surface area (Å²) in [5.74, 6) is -1.82. The van der Waals surface area contributed by atoms with Gasteiger partial charge in [0, 0.05) is 11.6 Å². The fraction of sp³-hybridized carbons (Fsp3) is 0.222. The van der Waals surface area contributed by atoms with Crippen molar-refractivity contribution in [3.63, 3.8) is 0 Å². The number of alkyl halides is 3. The lowest BCUT2D eigenvalue weighted by Gasteiger charge is -2.24. The molecule has 1 amide bonds. The van der Waals surface area contributed by atoms with E-state index in [9.17, 15) is 27.6 Å². The Morgan fingerprint density at radius 2 is 1.86 bits per heavy atom. The number of benzene rings is 2. The van der Waals surface area contributed by atoms with E-state index < -0.39 is 29.4 Å². The van der Waals surface area contributed by atoms with Gasteiger partial charge in [-0.15, -0.1) is 13.2 Å². The molecular formula is C18H13ClF4N2O3. The van der Waals surface area contributed by atoms with E-state index in [1.54, 1.807) is 0 Å². The largest absolute Gasteiger partial charge is 0.573 e. The van der Waals surface area contributed by atoms with Crippen molar-refractivity contribution in [3.8, 4) is 17.6 Å². The molecular weight excluding hydrogens is 404 g/mol. The van der Waals surface area contributed by atoms with Crippen LogP contribution < -0.4 is 14.8 Å². The number of amides is 1. The minimum Gasteiger partial charge on any atom is -0.488 e. The van der Waals surface area contributed by atoms with Crippen molar-refractivity contribution >= 4 is 17.5 Å². The molecule has 0 aliphatic heterocycles. The molecule has 1 atom stereocenters. The van der Waals surface area contributed by atoms with Gasteiger partial charge in [0.1, 0.15) is 23.9 Å². The molecule has 0 aliphatic carbocycles. The first-order chi connectivity index (χ1) is 13.0. The van der Waals surface area contributed by atoms with Gasteiger partial charge in [0.25, 0.3) is 5.91 Å². The smallest absolute Gasteiger partial charge is 0.488 e. The van der Waals surface area contributed by atoms with Crippen molar-refractivity contribution in [1.82, 2.24) is 5.32 Å². The van der Waals surface area contributed by atoms with E-state index in [1.165, 1.54) is 13.0 Å². The minimum atomic E-state index is -4.85. The number of carbonyl (C=O) groups excluding carboxylic acids is 1. The lowest BCUT2D eigenvalue weighted by molar-refractivity contribution is -0.274. The molecule has 2 rings (SSSR count). The Morgan fingerprint density at radius 1 is 1.21 bits per heavy atom. The maximum atomic E-state index is 13.3. The zero-order chi connectivity index (χ0) is 20.9. The Morgan fingerprint density at radius 3 is 2.43 bits per heavy atom. The second-order valence-electron chi connectivity index (χ2n) is 5.83. The number of halogens is 5. The Kier molecular flexibility index (Phi) is 6.36. The normalized spacial score (nSPS) is 13.2. The van der Waals surface area contributed by atoms with Crippen LogP contribution in [-0.2, 0) is 0 Å². The van der Waals surface area contributed by atoms with Crippen LogP contribution in [0.15, 0.2) is 42.5 Å². The van der Waals surface area contributed by atoms with Crippen LogP contribution in [0.25, 0.3) is 0 Å². The van der Waals surface area contributed by atoms with E-state index in [0.717, 1.165) is 36.4 Å². The summed E-state index contributed by atoms with van der Waals surface area (Å²) in [5, 5.41) is 11.9. The molecule has 0 heterocycles. The molecule has 0 saturated carbocycles. The maximum absolute atomic E-state index is 13.3. The molecule has 2 aromatic rings. The molecule has 0 aliphatic rings. The van der Waals surface area contributed by atoms with Gasteiger partial charge in [0.2, 0.25) is 0 Å². The van der Waals surface area contributed by atoms with E-state index in [-0.39, 0.29) is 22.9 Å². The van der Waals surface area contributed by atoms with Crippen molar-refractivity contribution in [2.75, 3.05) is 6.61 Å². The van der Waals surface area contributed by atoms with Crippen LogP contribution in [0, 0.1) is 17.1 Å². The summed E-state index contributed by atoms with van der Waals surface area (Å²) >= 11 is 5.88. The average Bonchev–Trinajstić information content (AvgIpc) is 2.61. The summed E-state index contributed by atoms with van der Waals surface area (Å²) in [7, 11) is 0. The topological polar surface area (TPSA) is 71.3 Å². The van der Waals surface area contributed by atoms with Crippen LogP contribution in [0.1, 0.15) is 17.3 Å². The zero-order valence-corrected chi connectivity index (χ0v) is 15.1. The van der Waals surface area contributed by atoms with Gasteiger partial charge < -0.3 is 14.8 Å². The van der Waals surface area contributed by atoms with Gasteiger partial charge in [-0.2, -0.15) is 5.26 Å². The molecule has 0 radical (unpaired) electrons. The average molecular weight is 417 g/mol. The predicted octanol–water partition coefficient (Wildman–Crippen LogP) is 4.47. The highest BCUT2D eigenvalue weighted by Gasteiger charge is 2.31. The quantitative estimate of drug-likeness (QED) is 0.705. The Balaban J connectivity index is 2.05. The van der Waals surface area contributed by atoms with E-state index in [1.807, 2.05) is 6.07 Å². The number of carbonyl (C=O) groups is 1. The standard InChI is InChI=1S/C18H13ClF4N2O3/c1-17(9-24,10-27-15-8-12(20)4-7-14(15)19)25-16(26)11-2-5-13(6-3-11)28-18(21,22)23/h2-8H,10H2,1H3,(H,25,26). The minimum absolute atomic E-state index is 0.000197. The molecule has 2 aromatic carbocycles. The predicted molar refractivity (Wildman–Crippen MR) is 91.5 cm³/mol. The van der Waals surface area contributed by atoms with Gasteiger partial charge in [-0.25, -0.2) is 4.39 Å². The highest BCUT2D eigenvalue weighted by molar-refractivity contribution is 6.32. The number of rotatable bonds is 6. The van der Waals surface area contributed by atoms with Gasteiger partial charge in [0.05, 0.1) is 11.1 Å². The number of nitrogens with zero attached hydrogens (tertiary/aromatic N) is 1. The van der Waals surface area contributed by atoms with E-state index >= 15 is 0 Å². The Hall–Kier alpha value is -2.99. The number of ether oxygens (including phenoxy) is 2. The van der Waals surface area contributed by atoms with Crippen LogP contribution >= 0.6 is 11.6 Å². The van der Waals surface area contributed by atoms with Gasteiger partial charge >= 0.3 is 6.36 Å². The summed E-state index contributed by atoms with van der Waals surface area (Å²) in [4.78, 5) is 12.3. The zero-order valence-electron chi connectivity index (χ0n) is 14.3. The third-order valence-corrected chi connectivity index (χ3v) is 3.71. The van der Waals surface area contributed by atoms with Gasteiger partial charge in [-0.05, 0) is 43.3 Å². The van der Waals surface area contributed by atoms with E-state index in [0.29, 0.717) is 0 Å². The Bertz CT molecular complexity index is 897. The first kappa shape index (κ1) is 21.3.